The Labute approximate surface area is 130 Å². The average molecular weight is 304 g/mol. The van der Waals surface area contributed by atoms with Crippen LogP contribution in [0.5, 0.6) is 0 Å². The smallest absolute Gasteiger partial charge is 0.0417 e. The fraction of sp³-hybridized carbons (Fsp3) is 0.176. The minimum absolute atomic E-state index is 0.773. The molecule has 2 rings (SSSR count). The van der Waals surface area contributed by atoms with Gasteiger partial charge in [-0.25, -0.2) is 0 Å². The molecule has 0 aliphatic rings. The molecule has 0 unspecified atom stereocenters. The van der Waals surface area contributed by atoms with E-state index in [9.17, 15) is 0 Å². The molecule has 0 radical (unpaired) electrons. The highest BCUT2D eigenvalue weighted by Gasteiger charge is 2.04. The molecule has 0 heterocycles. The highest BCUT2D eigenvalue weighted by Crippen LogP contribution is 2.35. The van der Waals surface area contributed by atoms with Crippen molar-refractivity contribution in [3.63, 3.8) is 0 Å². The summed E-state index contributed by atoms with van der Waals surface area (Å²) in [6.45, 7) is 0.914. The minimum atomic E-state index is 0.773. The van der Waals surface area contributed by atoms with Crippen LogP contribution in [0.4, 0.5) is 0 Å². The van der Waals surface area contributed by atoms with E-state index >= 15 is 0 Å². The van der Waals surface area contributed by atoms with Crippen LogP contribution < -0.4 is 0 Å². The van der Waals surface area contributed by atoms with Crippen LogP contribution in [0.2, 0.25) is 5.02 Å². The first kappa shape index (κ1) is 15.2. The van der Waals surface area contributed by atoms with Crippen LogP contribution >= 0.6 is 23.4 Å². The summed E-state index contributed by atoms with van der Waals surface area (Å²) in [6, 6.07) is 18.4. The molecule has 0 saturated carbocycles. The van der Waals surface area contributed by atoms with E-state index in [1.165, 1.54) is 10.5 Å². The average Bonchev–Trinajstić information content (AvgIpc) is 2.44. The second-order valence-electron chi connectivity index (χ2n) is 4.76. The molecule has 104 valence electrons. The summed E-state index contributed by atoms with van der Waals surface area (Å²) in [5.74, 6) is 0. The summed E-state index contributed by atoms with van der Waals surface area (Å²) in [7, 11) is 4.15. The molecule has 1 nitrogen and oxygen atoms in total. The molecule has 0 aliphatic carbocycles. The van der Waals surface area contributed by atoms with Gasteiger partial charge >= 0.3 is 0 Å². The summed E-state index contributed by atoms with van der Waals surface area (Å²) in [5, 5.41) is 0.773. The number of halogens is 1. The SMILES string of the molecule is CN(C)C/C=C(/Sc1cccc(Cl)c1)c1ccccc1. The second kappa shape index (κ2) is 7.53. The predicted octanol–water partition coefficient (Wildman–Crippen LogP) is 5.03. The van der Waals surface area contributed by atoms with Crippen molar-refractivity contribution >= 4 is 28.3 Å². The van der Waals surface area contributed by atoms with Crippen molar-refractivity contribution in [1.29, 1.82) is 0 Å². The number of likely N-dealkylation sites (N-methyl/N-ethyl adjacent to an activating group) is 1. The summed E-state index contributed by atoms with van der Waals surface area (Å²) in [5.41, 5.74) is 1.24. The van der Waals surface area contributed by atoms with Gasteiger partial charge < -0.3 is 4.90 Å². The third-order valence-electron chi connectivity index (χ3n) is 2.72. The molecule has 0 aliphatic heterocycles. The molecule has 3 heteroatoms. The fourth-order valence-electron chi connectivity index (χ4n) is 1.74. The minimum Gasteiger partial charge on any atom is -0.306 e. The molecule has 0 atom stereocenters. The van der Waals surface area contributed by atoms with Gasteiger partial charge in [-0.2, -0.15) is 0 Å². The molecule has 2 aromatic carbocycles. The van der Waals surface area contributed by atoms with Crippen LogP contribution in [0.1, 0.15) is 5.56 Å². The maximum absolute atomic E-state index is 6.06. The maximum Gasteiger partial charge on any atom is 0.0417 e. The molecule has 20 heavy (non-hydrogen) atoms. The van der Waals surface area contributed by atoms with E-state index in [1.807, 2.05) is 24.3 Å². The number of rotatable bonds is 5. The molecule has 0 spiro atoms. The normalized spacial score (nSPS) is 11.9. The number of thioether (sulfide) groups is 1. The number of hydrogen-bond acceptors (Lipinski definition) is 2. The molecule has 0 aromatic heterocycles. The zero-order valence-corrected chi connectivity index (χ0v) is 13.3. The molecular formula is C17H18ClNS. The first-order valence-corrected chi connectivity index (χ1v) is 7.68. The van der Waals surface area contributed by atoms with Crippen molar-refractivity contribution in [2.75, 3.05) is 20.6 Å². The van der Waals surface area contributed by atoms with Crippen LogP contribution in [0.15, 0.2) is 65.6 Å². The topological polar surface area (TPSA) is 3.24 Å². The van der Waals surface area contributed by atoms with E-state index < -0.39 is 0 Å². The van der Waals surface area contributed by atoms with Gasteiger partial charge in [-0.05, 0) is 37.9 Å². The molecule has 0 fully saturated rings. The molecule has 0 bridgehead atoms. The maximum atomic E-state index is 6.06. The van der Waals surface area contributed by atoms with E-state index in [1.54, 1.807) is 11.8 Å². The Balaban J connectivity index is 2.25. The Morgan fingerprint density at radius 1 is 1.10 bits per heavy atom. The number of benzene rings is 2. The lowest BCUT2D eigenvalue weighted by Gasteiger charge is -2.11. The van der Waals surface area contributed by atoms with Gasteiger partial charge in [0.15, 0.2) is 0 Å². The standard InChI is InChI=1S/C17H18ClNS/c1-19(2)12-11-17(14-7-4-3-5-8-14)20-16-10-6-9-15(18)13-16/h3-11,13H,12H2,1-2H3/b17-11+. The van der Waals surface area contributed by atoms with Gasteiger partial charge in [-0.3, -0.25) is 0 Å². The summed E-state index contributed by atoms with van der Waals surface area (Å²) >= 11 is 7.81. The quantitative estimate of drug-likeness (QED) is 0.712. The van der Waals surface area contributed by atoms with Gasteiger partial charge in [0.2, 0.25) is 0 Å². The Kier molecular flexibility index (Phi) is 5.72. The Hall–Kier alpha value is -1.22. The highest BCUT2D eigenvalue weighted by molar-refractivity contribution is 8.08. The van der Waals surface area contributed by atoms with Gasteiger partial charge in [-0.15, -0.1) is 0 Å². The lowest BCUT2D eigenvalue weighted by atomic mass is 10.2. The molecular weight excluding hydrogens is 286 g/mol. The van der Waals surface area contributed by atoms with Crippen molar-refractivity contribution in [3.8, 4) is 0 Å². The first-order chi connectivity index (χ1) is 9.65. The summed E-state index contributed by atoms with van der Waals surface area (Å²) < 4.78 is 0. The third-order valence-corrected chi connectivity index (χ3v) is 4.07. The van der Waals surface area contributed by atoms with Crippen LogP contribution in [0.3, 0.4) is 0 Å². The zero-order chi connectivity index (χ0) is 14.4. The van der Waals surface area contributed by atoms with E-state index in [4.69, 9.17) is 11.6 Å². The van der Waals surface area contributed by atoms with Crippen molar-refractivity contribution in [2.24, 2.45) is 0 Å². The van der Waals surface area contributed by atoms with Crippen LogP contribution in [0, 0.1) is 0 Å². The lowest BCUT2D eigenvalue weighted by Crippen LogP contribution is -2.10. The molecule has 0 N–H and O–H groups in total. The highest BCUT2D eigenvalue weighted by atomic mass is 35.5. The zero-order valence-electron chi connectivity index (χ0n) is 11.7. The van der Waals surface area contributed by atoms with Gasteiger partial charge in [0, 0.05) is 21.4 Å². The van der Waals surface area contributed by atoms with Crippen LogP contribution in [-0.2, 0) is 0 Å². The predicted molar refractivity (Wildman–Crippen MR) is 90.3 cm³/mol. The van der Waals surface area contributed by atoms with Crippen LogP contribution in [0.25, 0.3) is 4.91 Å². The number of hydrogen-bond donors (Lipinski definition) is 0. The van der Waals surface area contributed by atoms with Gasteiger partial charge in [-0.1, -0.05) is 65.8 Å². The van der Waals surface area contributed by atoms with Gasteiger partial charge in [0.1, 0.15) is 0 Å². The lowest BCUT2D eigenvalue weighted by molar-refractivity contribution is 0.457. The van der Waals surface area contributed by atoms with Crippen molar-refractivity contribution in [1.82, 2.24) is 4.90 Å². The van der Waals surface area contributed by atoms with E-state index in [2.05, 4.69) is 55.4 Å². The van der Waals surface area contributed by atoms with Crippen molar-refractivity contribution < 1.29 is 0 Å². The third kappa shape index (κ3) is 4.71. The number of nitrogens with zero attached hydrogens (tertiary/aromatic N) is 1. The van der Waals surface area contributed by atoms with E-state index in [-0.39, 0.29) is 0 Å². The largest absolute Gasteiger partial charge is 0.306 e. The van der Waals surface area contributed by atoms with E-state index in [0.717, 1.165) is 16.5 Å². The monoisotopic (exact) mass is 303 g/mol. The van der Waals surface area contributed by atoms with E-state index in [0.29, 0.717) is 0 Å². The Bertz CT molecular complexity index is 579. The fourth-order valence-corrected chi connectivity index (χ4v) is 3.00. The second-order valence-corrected chi connectivity index (χ2v) is 6.31. The van der Waals surface area contributed by atoms with Gasteiger partial charge in [0.25, 0.3) is 0 Å². The van der Waals surface area contributed by atoms with Crippen LogP contribution in [-0.4, -0.2) is 25.5 Å². The molecule has 2 aromatic rings. The van der Waals surface area contributed by atoms with Crippen molar-refractivity contribution in [2.45, 2.75) is 4.90 Å². The summed E-state index contributed by atoms with van der Waals surface area (Å²) in [4.78, 5) is 4.56. The Morgan fingerprint density at radius 2 is 1.85 bits per heavy atom. The molecule has 0 saturated heterocycles. The first-order valence-electron chi connectivity index (χ1n) is 6.49. The molecule has 0 amide bonds. The van der Waals surface area contributed by atoms with Crippen molar-refractivity contribution in [3.05, 3.63) is 71.3 Å². The Morgan fingerprint density at radius 3 is 2.50 bits per heavy atom. The summed E-state index contributed by atoms with van der Waals surface area (Å²) in [6.07, 6.45) is 2.25. The van der Waals surface area contributed by atoms with Gasteiger partial charge in [0.05, 0.1) is 0 Å².